The molecule has 4 rings (SSSR count). The first-order valence-corrected chi connectivity index (χ1v) is 8.75. The Balaban J connectivity index is 1.70. The molecule has 4 aromatic rings. The molecule has 4 heteroatoms. The lowest BCUT2D eigenvalue weighted by Gasteiger charge is -2.07. The lowest BCUT2D eigenvalue weighted by Crippen LogP contribution is -2.02. The number of hydrogen-bond donors (Lipinski definition) is 0. The number of aromatic nitrogens is 2. The molecule has 134 valence electrons. The van der Waals surface area contributed by atoms with Gasteiger partial charge in [0.25, 0.3) is 0 Å². The van der Waals surface area contributed by atoms with E-state index in [1.54, 1.807) is 19.2 Å². The van der Waals surface area contributed by atoms with Gasteiger partial charge in [0.2, 0.25) is 0 Å². The third-order valence-electron chi connectivity index (χ3n) is 4.48. The van der Waals surface area contributed by atoms with Crippen molar-refractivity contribution in [2.45, 2.75) is 6.54 Å². The number of nitrogens with zero attached hydrogens (tertiary/aromatic N) is 2. The smallest absolute Gasteiger partial charge is 0.134 e. The summed E-state index contributed by atoms with van der Waals surface area (Å²) in [6.07, 6.45) is 4.03. The largest absolute Gasteiger partial charge is 0.497 e. The number of rotatable bonds is 5. The molecule has 3 aromatic carbocycles. The van der Waals surface area contributed by atoms with Crippen molar-refractivity contribution in [1.29, 1.82) is 0 Å². The van der Waals surface area contributed by atoms with E-state index in [2.05, 4.69) is 10.6 Å². The normalized spacial score (nSPS) is 11.3. The monoisotopic (exact) mass is 358 g/mol. The van der Waals surface area contributed by atoms with Crippen LogP contribution >= 0.6 is 0 Å². The lowest BCUT2D eigenvalue weighted by atomic mass is 10.2. The van der Waals surface area contributed by atoms with E-state index in [4.69, 9.17) is 9.72 Å². The van der Waals surface area contributed by atoms with Crippen LogP contribution in [-0.4, -0.2) is 16.7 Å². The van der Waals surface area contributed by atoms with Gasteiger partial charge in [0, 0.05) is 6.54 Å². The fraction of sp³-hybridized carbons (Fsp3) is 0.0870. The molecule has 0 aliphatic rings. The van der Waals surface area contributed by atoms with Gasteiger partial charge in [-0.3, -0.25) is 0 Å². The van der Waals surface area contributed by atoms with Crippen LogP contribution < -0.4 is 4.74 Å². The van der Waals surface area contributed by atoms with E-state index in [-0.39, 0.29) is 5.82 Å². The molecule has 0 aliphatic heterocycles. The van der Waals surface area contributed by atoms with Crippen molar-refractivity contribution in [2.24, 2.45) is 0 Å². The molecule has 0 N–H and O–H groups in total. The van der Waals surface area contributed by atoms with Gasteiger partial charge in [0.1, 0.15) is 17.4 Å². The predicted molar refractivity (Wildman–Crippen MR) is 107 cm³/mol. The molecule has 27 heavy (non-hydrogen) atoms. The lowest BCUT2D eigenvalue weighted by molar-refractivity contribution is 0.415. The van der Waals surface area contributed by atoms with Crippen molar-refractivity contribution in [3.8, 4) is 5.75 Å². The van der Waals surface area contributed by atoms with Crippen molar-refractivity contribution >= 4 is 23.2 Å². The Hall–Kier alpha value is -3.40. The maximum Gasteiger partial charge on any atom is 0.134 e. The molecule has 0 aliphatic carbocycles. The summed E-state index contributed by atoms with van der Waals surface area (Å²) >= 11 is 0. The minimum atomic E-state index is -0.228. The maximum absolute atomic E-state index is 13.2. The number of benzene rings is 3. The second-order valence-electron chi connectivity index (χ2n) is 6.28. The Morgan fingerprint density at radius 3 is 2.41 bits per heavy atom. The zero-order valence-corrected chi connectivity index (χ0v) is 15.0. The summed E-state index contributed by atoms with van der Waals surface area (Å²) in [5.74, 6) is 1.46. The summed E-state index contributed by atoms with van der Waals surface area (Å²) in [7, 11) is 1.66. The first kappa shape index (κ1) is 17.0. The average Bonchev–Trinajstić information content (AvgIpc) is 3.06. The number of hydrogen-bond acceptors (Lipinski definition) is 2. The van der Waals surface area contributed by atoms with Gasteiger partial charge in [0.15, 0.2) is 0 Å². The van der Waals surface area contributed by atoms with Gasteiger partial charge >= 0.3 is 0 Å². The minimum Gasteiger partial charge on any atom is -0.497 e. The van der Waals surface area contributed by atoms with Crippen LogP contribution in [0.3, 0.4) is 0 Å². The number of para-hydroxylation sites is 2. The SMILES string of the molecule is COc1ccc(/C=C/c2nc3ccccc3n2Cc2ccc(F)cc2)cc1. The van der Waals surface area contributed by atoms with Gasteiger partial charge in [-0.15, -0.1) is 0 Å². The van der Waals surface area contributed by atoms with Crippen LogP contribution in [0.25, 0.3) is 23.2 Å². The summed E-state index contributed by atoms with van der Waals surface area (Å²) in [5.41, 5.74) is 4.08. The second-order valence-corrected chi connectivity index (χ2v) is 6.28. The molecule has 0 amide bonds. The molecule has 0 bridgehead atoms. The van der Waals surface area contributed by atoms with E-state index in [0.717, 1.165) is 33.7 Å². The Bertz CT molecular complexity index is 1080. The van der Waals surface area contributed by atoms with Gasteiger partial charge < -0.3 is 9.30 Å². The highest BCUT2D eigenvalue weighted by atomic mass is 19.1. The van der Waals surface area contributed by atoms with Gasteiger partial charge in [-0.2, -0.15) is 0 Å². The number of fused-ring (bicyclic) bond motifs is 1. The first-order valence-electron chi connectivity index (χ1n) is 8.75. The quantitative estimate of drug-likeness (QED) is 0.477. The van der Waals surface area contributed by atoms with Crippen LogP contribution in [0.15, 0.2) is 72.8 Å². The molecule has 0 fully saturated rings. The fourth-order valence-electron chi connectivity index (χ4n) is 3.05. The number of methoxy groups -OCH3 is 1. The van der Waals surface area contributed by atoms with Crippen LogP contribution in [0.5, 0.6) is 5.75 Å². The molecule has 0 atom stereocenters. The van der Waals surface area contributed by atoms with E-state index in [0.29, 0.717) is 6.54 Å². The summed E-state index contributed by atoms with van der Waals surface area (Å²) in [6, 6.07) is 22.5. The third kappa shape index (κ3) is 3.75. The molecule has 0 spiro atoms. The van der Waals surface area contributed by atoms with E-state index in [1.807, 2.05) is 54.6 Å². The van der Waals surface area contributed by atoms with Gasteiger partial charge in [-0.1, -0.05) is 42.5 Å². The molecule has 0 radical (unpaired) electrons. The topological polar surface area (TPSA) is 27.1 Å². The van der Waals surface area contributed by atoms with Crippen LogP contribution in [0.4, 0.5) is 4.39 Å². The van der Waals surface area contributed by atoms with E-state index < -0.39 is 0 Å². The molecule has 0 saturated heterocycles. The van der Waals surface area contributed by atoms with Crippen LogP contribution in [0, 0.1) is 5.82 Å². The summed E-state index contributed by atoms with van der Waals surface area (Å²) in [6.45, 7) is 0.628. The van der Waals surface area contributed by atoms with E-state index in [9.17, 15) is 4.39 Å². The number of ether oxygens (including phenoxy) is 1. The Morgan fingerprint density at radius 1 is 0.926 bits per heavy atom. The Kier molecular flexibility index (Phi) is 4.71. The highest BCUT2D eigenvalue weighted by Gasteiger charge is 2.09. The zero-order valence-electron chi connectivity index (χ0n) is 15.0. The highest BCUT2D eigenvalue weighted by molar-refractivity contribution is 5.80. The van der Waals surface area contributed by atoms with Crippen LogP contribution in [-0.2, 0) is 6.54 Å². The molecule has 0 unspecified atom stereocenters. The highest BCUT2D eigenvalue weighted by Crippen LogP contribution is 2.20. The molecular weight excluding hydrogens is 339 g/mol. The molecule has 3 nitrogen and oxygen atoms in total. The van der Waals surface area contributed by atoms with Crippen molar-refractivity contribution < 1.29 is 9.13 Å². The van der Waals surface area contributed by atoms with Crippen molar-refractivity contribution in [2.75, 3.05) is 7.11 Å². The van der Waals surface area contributed by atoms with Crippen molar-refractivity contribution in [3.63, 3.8) is 0 Å². The predicted octanol–water partition coefficient (Wildman–Crippen LogP) is 5.40. The van der Waals surface area contributed by atoms with E-state index in [1.165, 1.54) is 12.1 Å². The Morgan fingerprint density at radius 2 is 1.67 bits per heavy atom. The standard InChI is InChI=1S/C23H19FN2O/c1-27-20-13-8-17(9-14-20)10-15-23-25-21-4-2-3-5-22(21)26(23)16-18-6-11-19(24)12-7-18/h2-15H,16H2,1H3/b15-10+. The number of imidazole rings is 1. The Labute approximate surface area is 157 Å². The summed E-state index contributed by atoms with van der Waals surface area (Å²) in [4.78, 5) is 4.75. The van der Waals surface area contributed by atoms with Gasteiger partial charge in [0.05, 0.1) is 18.1 Å². The number of halogens is 1. The molecular formula is C23H19FN2O. The van der Waals surface area contributed by atoms with E-state index >= 15 is 0 Å². The minimum absolute atomic E-state index is 0.228. The summed E-state index contributed by atoms with van der Waals surface area (Å²) < 4.78 is 20.6. The molecule has 1 aromatic heterocycles. The molecule has 0 saturated carbocycles. The van der Waals surface area contributed by atoms with Crippen molar-refractivity contribution in [1.82, 2.24) is 9.55 Å². The average molecular weight is 358 g/mol. The van der Waals surface area contributed by atoms with Gasteiger partial charge in [-0.05, 0) is 53.6 Å². The van der Waals surface area contributed by atoms with Gasteiger partial charge in [-0.25, -0.2) is 9.37 Å². The van der Waals surface area contributed by atoms with Crippen LogP contribution in [0.2, 0.25) is 0 Å². The van der Waals surface area contributed by atoms with Crippen molar-refractivity contribution in [3.05, 3.63) is 95.6 Å². The molecule has 1 heterocycles. The maximum atomic E-state index is 13.2. The summed E-state index contributed by atoms with van der Waals surface area (Å²) in [5, 5.41) is 0. The first-order chi connectivity index (χ1) is 13.2. The second kappa shape index (κ2) is 7.46. The van der Waals surface area contributed by atoms with Crippen LogP contribution in [0.1, 0.15) is 17.0 Å². The zero-order chi connectivity index (χ0) is 18.6. The third-order valence-corrected chi connectivity index (χ3v) is 4.48. The fourth-order valence-corrected chi connectivity index (χ4v) is 3.05.